The van der Waals surface area contributed by atoms with E-state index >= 15 is 0 Å². The Kier molecular flexibility index (Phi) is 6.47. The molecule has 5 heteroatoms. The molecule has 90 valence electrons. The molecule has 0 aliphatic carbocycles. The van der Waals surface area contributed by atoms with Crippen LogP contribution >= 0.6 is 0 Å². The van der Waals surface area contributed by atoms with Crippen molar-refractivity contribution < 1.29 is 14.3 Å². The molecule has 0 aromatic heterocycles. The highest BCUT2D eigenvalue weighted by atomic mass is 16.7. The average molecular weight is 218 g/mol. The van der Waals surface area contributed by atoms with Gasteiger partial charge in [-0.15, -0.1) is 0 Å². The first kappa shape index (κ1) is 14.3. The van der Waals surface area contributed by atoms with Crippen LogP contribution in [0.25, 0.3) is 0 Å². The number of rotatable bonds is 7. The number of nitrogens with one attached hydrogen (secondary N) is 1. The number of amides is 1. The van der Waals surface area contributed by atoms with E-state index in [1.807, 2.05) is 20.8 Å². The fourth-order valence-electron chi connectivity index (χ4n) is 1.47. The molecule has 0 heterocycles. The normalized spacial score (nSPS) is 15.7. The lowest BCUT2D eigenvalue weighted by Gasteiger charge is -2.27. The van der Waals surface area contributed by atoms with Gasteiger partial charge < -0.3 is 15.2 Å². The Hall–Kier alpha value is -0.650. The van der Waals surface area contributed by atoms with Crippen LogP contribution in [-0.2, 0) is 14.3 Å². The van der Waals surface area contributed by atoms with Gasteiger partial charge >= 0.3 is 0 Å². The van der Waals surface area contributed by atoms with Gasteiger partial charge in [0, 0.05) is 14.2 Å². The van der Waals surface area contributed by atoms with Gasteiger partial charge in [0.05, 0.1) is 12.1 Å². The van der Waals surface area contributed by atoms with Crippen LogP contribution in [0, 0.1) is 5.92 Å². The molecule has 2 atom stereocenters. The van der Waals surface area contributed by atoms with E-state index in [1.165, 1.54) is 0 Å². The van der Waals surface area contributed by atoms with E-state index in [1.54, 1.807) is 14.2 Å². The van der Waals surface area contributed by atoms with Crippen LogP contribution in [0.1, 0.15) is 20.8 Å². The molecule has 2 unspecified atom stereocenters. The molecule has 3 N–H and O–H groups in total. The molecule has 0 bridgehead atoms. The summed E-state index contributed by atoms with van der Waals surface area (Å²) in [6.07, 6.45) is -0.384. The number of primary amides is 1. The van der Waals surface area contributed by atoms with Crippen LogP contribution in [0.4, 0.5) is 0 Å². The third-order valence-corrected chi connectivity index (χ3v) is 2.29. The van der Waals surface area contributed by atoms with Crippen molar-refractivity contribution in [3.05, 3.63) is 0 Å². The third kappa shape index (κ3) is 4.59. The smallest absolute Gasteiger partial charge is 0.234 e. The van der Waals surface area contributed by atoms with Crippen molar-refractivity contribution in [3.8, 4) is 0 Å². The Balaban J connectivity index is 4.33. The standard InChI is InChI=1S/C10H22N2O3/c1-6(2)8(9(11)13)12-7(3)10(14-4)15-5/h6-8,10,12H,1-5H3,(H2,11,13). The number of carbonyl (C=O) groups excluding carboxylic acids is 1. The molecule has 0 aromatic carbocycles. The minimum atomic E-state index is -0.384. The van der Waals surface area contributed by atoms with Crippen LogP contribution in [0.5, 0.6) is 0 Å². The topological polar surface area (TPSA) is 73.6 Å². The molecule has 0 saturated heterocycles. The molecular weight excluding hydrogens is 196 g/mol. The van der Waals surface area contributed by atoms with Crippen LogP contribution in [-0.4, -0.2) is 38.5 Å². The van der Waals surface area contributed by atoms with Gasteiger partial charge in [-0.25, -0.2) is 0 Å². The van der Waals surface area contributed by atoms with E-state index in [0.29, 0.717) is 0 Å². The molecule has 5 nitrogen and oxygen atoms in total. The van der Waals surface area contributed by atoms with Gasteiger partial charge in [0.1, 0.15) is 0 Å². The van der Waals surface area contributed by atoms with Gasteiger partial charge in [0.25, 0.3) is 0 Å². The van der Waals surface area contributed by atoms with Crippen LogP contribution < -0.4 is 11.1 Å². The SMILES string of the molecule is COC(OC)C(C)NC(C(N)=O)C(C)C. The summed E-state index contributed by atoms with van der Waals surface area (Å²) in [7, 11) is 3.11. The first-order chi connectivity index (χ1) is 6.93. The monoisotopic (exact) mass is 218 g/mol. The lowest BCUT2D eigenvalue weighted by Crippen LogP contribution is -2.52. The van der Waals surface area contributed by atoms with E-state index in [2.05, 4.69) is 5.32 Å². The van der Waals surface area contributed by atoms with Crippen molar-refractivity contribution in [3.63, 3.8) is 0 Å². The van der Waals surface area contributed by atoms with Crippen molar-refractivity contribution in [1.82, 2.24) is 5.32 Å². The highest BCUT2D eigenvalue weighted by molar-refractivity contribution is 5.80. The van der Waals surface area contributed by atoms with Gasteiger partial charge in [-0.3, -0.25) is 10.1 Å². The lowest BCUT2D eigenvalue weighted by atomic mass is 10.0. The summed E-state index contributed by atoms with van der Waals surface area (Å²) < 4.78 is 10.2. The first-order valence-corrected chi connectivity index (χ1v) is 5.05. The third-order valence-electron chi connectivity index (χ3n) is 2.29. The van der Waals surface area contributed by atoms with Crippen LogP contribution in [0.15, 0.2) is 0 Å². The van der Waals surface area contributed by atoms with E-state index in [-0.39, 0.29) is 30.2 Å². The number of methoxy groups -OCH3 is 2. The molecule has 15 heavy (non-hydrogen) atoms. The molecule has 0 rings (SSSR count). The largest absolute Gasteiger partial charge is 0.368 e. The summed E-state index contributed by atoms with van der Waals surface area (Å²) in [4.78, 5) is 11.2. The number of carbonyl (C=O) groups is 1. The summed E-state index contributed by atoms with van der Waals surface area (Å²) in [5, 5.41) is 3.09. The fourth-order valence-corrected chi connectivity index (χ4v) is 1.47. The van der Waals surface area contributed by atoms with Crippen molar-refractivity contribution in [2.24, 2.45) is 11.7 Å². The van der Waals surface area contributed by atoms with Crippen molar-refractivity contribution in [2.45, 2.75) is 39.1 Å². The summed E-state index contributed by atoms with van der Waals surface area (Å²) in [6, 6.07) is -0.465. The highest BCUT2D eigenvalue weighted by Gasteiger charge is 2.25. The maximum absolute atomic E-state index is 11.2. The van der Waals surface area contributed by atoms with Gasteiger partial charge in [-0.1, -0.05) is 13.8 Å². The molecule has 0 aliphatic heterocycles. The van der Waals surface area contributed by atoms with Crippen LogP contribution in [0.3, 0.4) is 0 Å². The average Bonchev–Trinajstić information content (AvgIpc) is 2.15. The Labute approximate surface area is 91.3 Å². The molecule has 0 radical (unpaired) electrons. The second kappa shape index (κ2) is 6.76. The summed E-state index contributed by atoms with van der Waals surface area (Å²) in [5.74, 6) is -0.220. The molecule has 0 aromatic rings. The molecule has 0 fully saturated rings. The Morgan fingerprint density at radius 3 is 1.93 bits per heavy atom. The summed E-state index contributed by atoms with van der Waals surface area (Å²) in [5.41, 5.74) is 5.29. The number of hydrogen-bond acceptors (Lipinski definition) is 4. The minimum absolute atomic E-state index is 0.0973. The summed E-state index contributed by atoms with van der Waals surface area (Å²) in [6.45, 7) is 5.75. The number of hydrogen-bond donors (Lipinski definition) is 2. The Morgan fingerprint density at radius 2 is 1.67 bits per heavy atom. The second-order valence-corrected chi connectivity index (χ2v) is 3.92. The van der Waals surface area contributed by atoms with Crippen molar-refractivity contribution >= 4 is 5.91 Å². The maximum atomic E-state index is 11.2. The molecule has 0 spiro atoms. The second-order valence-electron chi connectivity index (χ2n) is 3.92. The van der Waals surface area contributed by atoms with Gasteiger partial charge in [0.2, 0.25) is 5.91 Å². The van der Waals surface area contributed by atoms with E-state index < -0.39 is 0 Å². The lowest BCUT2D eigenvalue weighted by molar-refractivity contribution is -0.129. The Morgan fingerprint density at radius 1 is 1.20 bits per heavy atom. The number of ether oxygens (including phenoxy) is 2. The number of nitrogens with two attached hydrogens (primary N) is 1. The zero-order valence-electron chi connectivity index (χ0n) is 10.1. The predicted octanol–water partition coefficient (Wildman–Crippen LogP) is 0.0933. The zero-order chi connectivity index (χ0) is 12.0. The first-order valence-electron chi connectivity index (χ1n) is 5.05. The highest BCUT2D eigenvalue weighted by Crippen LogP contribution is 2.06. The van der Waals surface area contributed by atoms with Crippen LogP contribution in [0.2, 0.25) is 0 Å². The van der Waals surface area contributed by atoms with E-state index in [4.69, 9.17) is 15.2 Å². The van der Waals surface area contributed by atoms with Gasteiger partial charge in [-0.2, -0.15) is 0 Å². The molecule has 0 aliphatic rings. The molecule has 0 saturated carbocycles. The summed E-state index contributed by atoms with van der Waals surface area (Å²) >= 11 is 0. The molecular formula is C10H22N2O3. The van der Waals surface area contributed by atoms with E-state index in [9.17, 15) is 4.79 Å². The van der Waals surface area contributed by atoms with Gasteiger partial charge in [0.15, 0.2) is 6.29 Å². The zero-order valence-corrected chi connectivity index (χ0v) is 10.1. The Bertz CT molecular complexity index is 193. The minimum Gasteiger partial charge on any atom is -0.368 e. The van der Waals surface area contributed by atoms with Crippen molar-refractivity contribution in [2.75, 3.05) is 14.2 Å². The molecule has 1 amide bonds. The fraction of sp³-hybridized carbons (Fsp3) is 0.900. The van der Waals surface area contributed by atoms with Crippen molar-refractivity contribution in [1.29, 1.82) is 0 Å². The van der Waals surface area contributed by atoms with E-state index in [0.717, 1.165) is 0 Å². The quantitative estimate of drug-likeness (QED) is 0.594. The predicted molar refractivity (Wildman–Crippen MR) is 58.2 cm³/mol. The van der Waals surface area contributed by atoms with Gasteiger partial charge in [-0.05, 0) is 12.8 Å². The maximum Gasteiger partial charge on any atom is 0.234 e.